The zero-order valence-corrected chi connectivity index (χ0v) is 12.1. The van der Waals surface area contributed by atoms with Crippen molar-refractivity contribution in [2.75, 3.05) is 5.32 Å². The molecule has 3 rings (SSSR count). The van der Waals surface area contributed by atoms with E-state index in [9.17, 15) is 10.1 Å². The Morgan fingerprint density at radius 1 is 1.24 bits per heavy atom. The number of hydrogen-bond acceptors (Lipinski definition) is 3. The summed E-state index contributed by atoms with van der Waals surface area (Å²) in [6, 6.07) is 12.9. The standard InChI is InChI=1S/C16H15ClN2O2/c17-15-7-6-14(19(20)21)9-16(15)18-10-11-2-1-3-13(8-11)12-4-5-12/h1-3,6-9,12,18H,4-5,10H2. The van der Waals surface area contributed by atoms with E-state index in [1.54, 1.807) is 6.07 Å². The average Bonchev–Trinajstić information content (AvgIpc) is 3.31. The predicted octanol–water partition coefficient (Wildman–Crippen LogP) is 4.74. The minimum atomic E-state index is -0.421. The number of hydrogen-bond donors (Lipinski definition) is 1. The Morgan fingerprint density at radius 3 is 2.76 bits per heavy atom. The van der Waals surface area contributed by atoms with E-state index in [-0.39, 0.29) is 5.69 Å². The summed E-state index contributed by atoms with van der Waals surface area (Å²) in [7, 11) is 0. The molecule has 1 fully saturated rings. The Bertz CT molecular complexity index is 684. The Balaban J connectivity index is 1.73. The fraction of sp³-hybridized carbons (Fsp3) is 0.250. The minimum Gasteiger partial charge on any atom is -0.380 e. The summed E-state index contributed by atoms with van der Waals surface area (Å²) >= 11 is 6.07. The first kappa shape index (κ1) is 13.9. The maximum absolute atomic E-state index is 10.8. The van der Waals surface area contributed by atoms with Gasteiger partial charge in [0.15, 0.2) is 0 Å². The van der Waals surface area contributed by atoms with Crippen LogP contribution in [-0.4, -0.2) is 4.92 Å². The maximum atomic E-state index is 10.8. The highest BCUT2D eigenvalue weighted by Crippen LogP contribution is 2.40. The number of nitrogens with one attached hydrogen (secondary N) is 1. The normalized spacial score (nSPS) is 14.0. The third kappa shape index (κ3) is 3.34. The van der Waals surface area contributed by atoms with Crippen LogP contribution in [0.15, 0.2) is 42.5 Å². The summed E-state index contributed by atoms with van der Waals surface area (Å²) < 4.78 is 0. The van der Waals surface area contributed by atoms with Gasteiger partial charge in [-0.3, -0.25) is 10.1 Å². The molecule has 0 aliphatic heterocycles. The van der Waals surface area contributed by atoms with Gasteiger partial charge in [0.1, 0.15) is 0 Å². The number of halogens is 1. The first-order valence-electron chi connectivity index (χ1n) is 6.90. The molecule has 0 unspecified atom stereocenters. The summed E-state index contributed by atoms with van der Waals surface area (Å²) in [5, 5.41) is 14.5. The molecule has 2 aromatic rings. The molecule has 1 aliphatic carbocycles. The van der Waals surface area contributed by atoms with Crippen molar-refractivity contribution >= 4 is 23.0 Å². The summed E-state index contributed by atoms with van der Waals surface area (Å²) in [6.07, 6.45) is 2.54. The minimum absolute atomic E-state index is 0.0358. The molecule has 0 radical (unpaired) electrons. The van der Waals surface area contributed by atoms with Crippen LogP contribution < -0.4 is 5.32 Å². The number of nitro benzene ring substituents is 1. The van der Waals surface area contributed by atoms with Crippen molar-refractivity contribution < 1.29 is 4.92 Å². The third-order valence-electron chi connectivity index (χ3n) is 3.64. The summed E-state index contributed by atoms with van der Waals surface area (Å²) in [5.41, 5.74) is 3.15. The molecule has 0 atom stereocenters. The van der Waals surface area contributed by atoms with E-state index in [1.807, 2.05) is 6.07 Å². The van der Waals surface area contributed by atoms with Crippen LogP contribution in [0.25, 0.3) is 0 Å². The molecule has 5 heteroatoms. The van der Waals surface area contributed by atoms with Crippen molar-refractivity contribution in [2.45, 2.75) is 25.3 Å². The van der Waals surface area contributed by atoms with Gasteiger partial charge in [-0.05, 0) is 36.0 Å². The smallest absolute Gasteiger partial charge is 0.271 e. The Kier molecular flexibility index (Phi) is 3.80. The molecular weight excluding hydrogens is 288 g/mol. The zero-order valence-electron chi connectivity index (χ0n) is 11.4. The molecule has 2 aromatic carbocycles. The molecule has 0 amide bonds. The number of benzene rings is 2. The molecule has 0 bridgehead atoms. The van der Waals surface area contributed by atoms with Gasteiger partial charge in [0.05, 0.1) is 15.6 Å². The zero-order chi connectivity index (χ0) is 14.8. The van der Waals surface area contributed by atoms with Crippen LogP contribution in [0.3, 0.4) is 0 Å². The highest BCUT2D eigenvalue weighted by molar-refractivity contribution is 6.33. The van der Waals surface area contributed by atoms with E-state index >= 15 is 0 Å². The lowest BCUT2D eigenvalue weighted by Crippen LogP contribution is -2.01. The molecule has 1 N–H and O–H groups in total. The fourth-order valence-electron chi connectivity index (χ4n) is 2.33. The van der Waals surface area contributed by atoms with Crippen LogP contribution in [0.2, 0.25) is 5.02 Å². The number of rotatable bonds is 5. The summed E-state index contributed by atoms with van der Waals surface area (Å²) in [5.74, 6) is 0.714. The maximum Gasteiger partial charge on any atom is 0.271 e. The fourth-order valence-corrected chi connectivity index (χ4v) is 2.52. The van der Waals surface area contributed by atoms with Crippen molar-refractivity contribution in [3.05, 3.63) is 68.7 Å². The van der Waals surface area contributed by atoms with Crippen LogP contribution >= 0.6 is 11.6 Å². The molecule has 0 heterocycles. The van der Waals surface area contributed by atoms with Crippen LogP contribution in [0.1, 0.15) is 29.9 Å². The molecule has 0 spiro atoms. The topological polar surface area (TPSA) is 55.2 Å². The first-order chi connectivity index (χ1) is 10.1. The van der Waals surface area contributed by atoms with Gasteiger partial charge >= 0.3 is 0 Å². The van der Waals surface area contributed by atoms with Crippen molar-refractivity contribution in [3.8, 4) is 0 Å². The van der Waals surface area contributed by atoms with Crippen LogP contribution in [-0.2, 0) is 6.54 Å². The number of non-ortho nitro benzene ring substituents is 1. The van der Waals surface area contributed by atoms with E-state index in [0.29, 0.717) is 23.2 Å². The van der Waals surface area contributed by atoms with Crippen LogP contribution in [0.5, 0.6) is 0 Å². The number of nitrogens with zero attached hydrogens (tertiary/aromatic N) is 1. The second kappa shape index (κ2) is 5.74. The number of anilines is 1. The van der Waals surface area contributed by atoms with Crippen molar-refractivity contribution in [1.29, 1.82) is 0 Å². The first-order valence-corrected chi connectivity index (χ1v) is 7.28. The SMILES string of the molecule is O=[N+]([O-])c1ccc(Cl)c(NCc2cccc(C3CC3)c2)c1. The Morgan fingerprint density at radius 2 is 2.05 bits per heavy atom. The summed E-state index contributed by atoms with van der Waals surface area (Å²) in [4.78, 5) is 10.4. The van der Waals surface area contributed by atoms with Gasteiger partial charge in [-0.1, -0.05) is 35.9 Å². The van der Waals surface area contributed by atoms with Crippen LogP contribution in [0, 0.1) is 10.1 Å². The molecule has 21 heavy (non-hydrogen) atoms. The van der Waals surface area contributed by atoms with Gasteiger partial charge in [-0.15, -0.1) is 0 Å². The predicted molar refractivity (Wildman–Crippen MR) is 83.9 cm³/mol. The van der Waals surface area contributed by atoms with Gasteiger partial charge in [-0.25, -0.2) is 0 Å². The molecular formula is C16H15ClN2O2. The molecule has 4 nitrogen and oxygen atoms in total. The number of nitro groups is 1. The molecule has 1 aliphatic rings. The second-order valence-corrected chi connectivity index (χ2v) is 5.70. The van der Waals surface area contributed by atoms with E-state index in [1.165, 1.54) is 30.5 Å². The van der Waals surface area contributed by atoms with Gasteiger partial charge < -0.3 is 5.32 Å². The van der Waals surface area contributed by atoms with Crippen LogP contribution in [0.4, 0.5) is 11.4 Å². The Hall–Kier alpha value is -2.07. The quantitative estimate of drug-likeness (QED) is 0.641. The van der Waals surface area contributed by atoms with E-state index < -0.39 is 4.92 Å². The lowest BCUT2D eigenvalue weighted by atomic mass is 10.1. The van der Waals surface area contributed by atoms with E-state index in [4.69, 9.17) is 11.6 Å². The van der Waals surface area contributed by atoms with Crippen molar-refractivity contribution in [1.82, 2.24) is 0 Å². The van der Waals surface area contributed by atoms with Crippen molar-refractivity contribution in [2.24, 2.45) is 0 Å². The van der Waals surface area contributed by atoms with Gasteiger partial charge in [0.2, 0.25) is 0 Å². The van der Waals surface area contributed by atoms with Gasteiger partial charge in [-0.2, -0.15) is 0 Å². The highest BCUT2D eigenvalue weighted by atomic mass is 35.5. The van der Waals surface area contributed by atoms with Crippen molar-refractivity contribution in [3.63, 3.8) is 0 Å². The van der Waals surface area contributed by atoms with Gasteiger partial charge in [0.25, 0.3) is 5.69 Å². The lowest BCUT2D eigenvalue weighted by molar-refractivity contribution is -0.384. The summed E-state index contributed by atoms with van der Waals surface area (Å²) in [6.45, 7) is 0.599. The lowest BCUT2D eigenvalue weighted by Gasteiger charge is -2.09. The molecule has 0 saturated heterocycles. The molecule has 108 valence electrons. The largest absolute Gasteiger partial charge is 0.380 e. The Labute approximate surface area is 127 Å². The molecule has 1 saturated carbocycles. The second-order valence-electron chi connectivity index (χ2n) is 5.29. The van der Waals surface area contributed by atoms with Gasteiger partial charge in [0, 0.05) is 18.7 Å². The third-order valence-corrected chi connectivity index (χ3v) is 3.97. The monoisotopic (exact) mass is 302 g/mol. The average molecular weight is 303 g/mol. The molecule has 0 aromatic heterocycles. The van der Waals surface area contributed by atoms with E-state index in [2.05, 4.69) is 23.5 Å². The van der Waals surface area contributed by atoms with E-state index in [0.717, 1.165) is 5.56 Å². The highest BCUT2D eigenvalue weighted by Gasteiger charge is 2.23.